The van der Waals surface area contributed by atoms with Gasteiger partial charge in [0.15, 0.2) is 5.82 Å². The summed E-state index contributed by atoms with van der Waals surface area (Å²) in [5, 5.41) is 8.43. The van der Waals surface area contributed by atoms with Crippen LogP contribution in [0, 0.1) is 11.7 Å². The van der Waals surface area contributed by atoms with Crippen molar-refractivity contribution in [3.05, 3.63) is 41.3 Å². The first-order chi connectivity index (χ1) is 13.6. The van der Waals surface area contributed by atoms with Crippen molar-refractivity contribution in [1.29, 1.82) is 0 Å². The van der Waals surface area contributed by atoms with Crippen LogP contribution in [-0.2, 0) is 4.79 Å². The monoisotopic (exact) mass is 404 g/mol. The van der Waals surface area contributed by atoms with Gasteiger partial charge < -0.3 is 9.80 Å². The number of halogens is 2. The first-order valence-electron chi connectivity index (χ1n) is 9.41. The standard InChI is InChI=1S/C19H22ClFN6O/c20-18-16(12-22-24-19(18)25-23-17(28)11-13-1-2-13)27-9-7-26(8-10-27)15-5-3-14(21)4-6-15/h3-6,12-13H,1-2,7-11H2,(H,23,28)(H,24,25). The van der Waals surface area contributed by atoms with Crippen LogP contribution < -0.4 is 20.7 Å². The molecule has 28 heavy (non-hydrogen) atoms. The average Bonchev–Trinajstić information content (AvgIpc) is 3.52. The zero-order valence-electron chi connectivity index (χ0n) is 15.4. The van der Waals surface area contributed by atoms with Gasteiger partial charge in [-0.2, -0.15) is 5.10 Å². The molecule has 2 N–H and O–H groups in total. The van der Waals surface area contributed by atoms with E-state index in [1.54, 1.807) is 18.3 Å². The van der Waals surface area contributed by atoms with Crippen molar-refractivity contribution in [2.75, 3.05) is 41.4 Å². The molecule has 1 aliphatic carbocycles. The van der Waals surface area contributed by atoms with E-state index < -0.39 is 0 Å². The number of hydrogen-bond acceptors (Lipinski definition) is 6. The topological polar surface area (TPSA) is 73.4 Å². The number of hydrazine groups is 1. The fourth-order valence-electron chi connectivity index (χ4n) is 3.29. The molecule has 7 nitrogen and oxygen atoms in total. The van der Waals surface area contributed by atoms with Crippen molar-refractivity contribution in [1.82, 2.24) is 15.6 Å². The highest BCUT2D eigenvalue weighted by Crippen LogP contribution is 2.33. The average molecular weight is 405 g/mol. The summed E-state index contributed by atoms with van der Waals surface area (Å²) in [5.74, 6) is 0.538. The third-order valence-electron chi connectivity index (χ3n) is 5.07. The number of nitrogens with one attached hydrogen (secondary N) is 2. The Morgan fingerprint density at radius 1 is 1.14 bits per heavy atom. The SMILES string of the molecule is O=C(CC1CC1)NNc1nncc(N2CCN(c3ccc(F)cc3)CC2)c1Cl. The Morgan fingerprint density at radius 3 is 2.50 bits per heavy atom. The summed E-state index contributed by atoms with van der Waals surface area (Å²) in [6.45, 7) is 3.06. The molecule has 2 aromatic rings. The molecule has 1 aromatic carbocycles. The number of amides is 1. The van der Waals surface area contributed by atoms with E-state index in [0.29, 0.717) is 23.2 Å². The summed E-state index contributed by atoms with van der Waals surface area (Å²) >= 11 is 6.50. The Balaban J connectivity index is 1.36. The minimum Gasteiger partial charge on any atom is -0.368 e. The first-order valence-corrected chi connectivity index (χ1v) is 9.79. The molecule has 0 unspecified atom stereocenters. The quantitative estimate of drug-likeness (QED) is 0.721. The number of hydrogen-bond donors (Lipinski definition) is 2. The van der Waals surface area contributed by atoms with Gasteiger partial charge in [-0.25, -0.2) is 4.39 Å². The second-order valence-corrected chi connectivity index (χ2v) is 7.54. The van der Waals surface area contributed by atoms with Gasteiger partial charge in [-0.15, -0.1) is 5.10 Å². The fourth-order valence-corrected chi connectivity index (χ4v) is 3.54. The molecule has 1 aromatic heterocycles. The molecule has 2 heterocycles. The number of anilines is 3. The van der Waals surface area contributed by atoms with Crippen LogP contribution in [-0.4, -0.2) is 42.3 Å². The van der Waals surface area contributed by atoms with E-state index in [4.69, 9.17) is 11.6 Å². The predicted molar refractivity (Wildman–Crippen MR) is 107 cm³/mol. The lowest BCUT2D eigenvalue weighted by atomic mass is 10.2. The molecule has 4 rings (SSSR count). The molecule has 2 aliphatic rings. The van der Waals surface area contributed by atoms with Gasteiger partial charge in [0.1, 0.15) is 10.8 Å². The van der Waals surface area contributed by atoms with Crippen LogP contribution in [0.4, 0.5) is 21.6 Å². The van der Waals surface area contributed by atoms with E-state index >= 15 is 0 Å². The maximum Gasteiger partial charge on any atom is 0.238 e. The van der Waals surface area contributed by atoms with E-state index in [2.05, 4.69) is 30.8 Å². The van der Waals surface area contributed by atoms with Crippen LogP contribution in [0.25, 0.3) is 0 Å². The molecule has 0 bridgehead atoms. The molecule has 1 aliphatic heterocycles. The molecule has 1 amide bonds. The lowest BCUT2D eigenvalue weighted by Crippen LogP contribution is -2.46. The molecule has 148 valence electrons. The molecule has 1 saturated heterocycles. The maximum absolute atomic E-state index is 13.1. The summed E-state index contributed by atoms with van der Waals surface area (Å²) in [7, 11) is 0. The Kier molecular flexibility index (Phi) is 5.47. The molecule has 9 heteroatoms. The molecule has 0 radical (unpaired) electrons. The Morgan fingerprint density at radius 2 is 1.82 bits per heavy atom. The van der Waals surface area contributed by atoms with Crippen LogP contribution in [0.1, 0.15) is 19.3 Å². The zero-order valence-corrected chi connectivity index (χ0v) is 16.1. The number of aromatic nitrogens is 2. The van der Waals surface area contributed by atoms with Crippen LogP contribution >= 0.6 is 11.6 Å². The van der Waals surface area contributed by atoms with Crippen LogP contribution in [0.5, 0.6) is 0 Å². The Labute approximate surface area is 167 Å². The van der Waals surface area contributed by atoms with Crippen LogP contribution in [0.2, 0.25) is 5.02 Å². The second kappa shape index (κ2) is 8.18. The number of carbonyl (C=O) groups excluding carboxylic acids is 1. The lowest BCUT2D eigenvalue weighted by molar-refractivity contribution is -0.120. The van der Waals surface area contributed by atoms with Crippen molar-refractivity contribution in [3.63, 3.8) is 0 Å². The van der Waals surface area contributed by atoms with Gasteiger partial charge in [-0.1, -0.05) is 11.6 Å². The summed E-state index contributed by atoms with van der Waals surface area (Å²) in [6.07, 6.45) is 4.39. The van der Waals surface area contributed by atoms with Crippen molar-refractivity contribution in [2.45, 2.75) is 19.3 Å². The third-order valence-corrected chi connectivity index (χ3v) is 5.45. The summed E-state index contributed by atoms with van der Waals surface area (Å²) < 4.78 is 13.1. The van der Waals surface area contributed by atoms with Crippen molar-refractivity contribution < 1.29 is 9.18 Å². The van der Waals surface area contributed by atoms with Crippen LogP contribution in [0.3, 0.4) is 0 Å². The number of benzene rings is 1. The second-order valence-electron chi connectivity index (χ2n) is 7.16. The highest BCUT2D eigenvalue weighted by atomic mass is 35.5. The Bertz CT molecular complexity index is 837. The maximum atomic E-state index is 13.1. The van der Waals surface area contributed by atoms with Gasteiger partial charge >= 0.3 is 0 Å². The van der Waals surface area contributed by atoms with Crippen molar-refractivity contribution in [3.8, 4) is 0 Å². The molecule has 2 fully saturated rings. The number of rotatable bonds is 6. The van der Waals surface area contributed by atoms with E-state index in [1.807, 2.05) is 0 Å². The van der Waals surface area contributed by atoms with Gasteiger partial charge in [-0.05, 0) is 43.0 Å². The fraction of sp³-hybridized carbons (Fsp3) is 0.421. The molecule has 1 saturated carbocycles. The summed E-state index contributed by atoms with van der Waals surface area (Å²) in [4.78, 5) is 16.2. The Hall–Kier alpha value is -2.61. The number of piperazine rings is 1. The van der Waals surface area contributed by atoms with Gasteiger partial charge in [0.25, 0.3) is 0 Å². The normalized spacial score (nSPS) is 16.8. The van der Waals surface area contributed by atoms with E-state index in [1.165, 1.54) is 12.1 Å². The summed E-state index contributed by atoms with van der Waals surface area (Å²) in [6, 6.07) is 6.53. The van der Waals surface area contributed by atoms with E-state index in [-0.39, 0.29) is 11.7 Å². The van der Waals surface area contributed by atoms with Crippen molar-refractivity contribution in [2.24, 2.45) is 5.92 Å². The van der Waals surface area contributed by atoms with E-state index in [0.717, 1.165) is 50.4 Å². The predicted octanol–water partition coefficient (Wildman–Crippen LogP) is 2.84. The highest BCUT2D eigenvalue weighted by Gasteiger charge is 2.25. The molecular weight excluding hydrogens is 383 g/mol. The van der Waals surface area contributed by atoms with Gasteiger partial charge in [0, 0.05) is 38.3 Å². The molecule has 0 atom stereocenters. The minimum atomic E-state index is -0.235. The first kappa shape index (κ1) is 18.7. The van der Waals surface area contributed by atoms with Gasteiger partial charge in [0.2, 0.25) is 5.91 Å². The highest BCUT2D eigenvalue weighted by molar-refractivity contribution is 6.35. The van der Waals surface area contributed by atoms with Crippen LogP contribution in [0.15, 0.2) is 30.5 Å². The number of carbonyl (C=O) groups is 1. The van der Waals surface area contributed by atoms with Gasteiger partial charge in [0.05, 0.1) is 11.9 Å². The molecule has 0 spiro atoms. The lowest BCUT2D eigenvalue weighted by Gasteiger charge is -2.37. The van der Waals surface area contributed by atoms with Crippen molar-refractivity contribution >= 4 is 34.7 Å². The zero-order chi connectivity index (χ0) is 19.5. The largest absolute Gasteiger partial charge is 0.368 e. The number of nitrogens with zero attached hydrogens (tertiary/aromatic N) is 4. The van der Waals surface area contributed by atoms with E-state index in [9.17, 15) is 9.18 Å². The molecular formula is C19H22ClFN6O. The summed E-state index contributed by atoms with van der Waals surface area (Å²) in [5.41, 5.74) is 7.20. The third kappa shape index (κ3) is 4.44. The minimum absolute atomic E-state index is 0.0707. The smallest absolute Gasteiger partial charge is 0.238 e. The van der Waals surface area contributed by atoms with Gasteiger partial charge in [-0.3, -0.25) is 15.6 Å².